The molecule has 1 unspecified atom stereocenters. The van der Waals surface area contributed by atoms with E-state index in [2.05, 4.69) is 10.5 Å². The number of carbonyl (C=O) groups is 1. The molecule has 0 bridgehead atoms. The molecule has 0 aliphatic heterocycles. The van der Waals surface area contributed by atoms with Crippen LogP contribution in [0.15, 0.2) is 53.1 Å². The summed E-state index contributed by atoms with van der Waals surface area (Å²) in [5.41, 5.74) is 1.73. The summed E-state index contributed by atoms with van der Waals surface area (Å²) in [6.45, 7) is 3.80. The van der Waals surface area contributed by atoms with Gasteiger partial charge in [-0.25, -0.2) is 0 Å². The number of ether oxygens (including phenoxy) is 2. The Hall–Kier alpha value is -2.99. The van der Waals surface area contributed by atoms with Gasteiger partial charge in [0.05, 0.1) is 18.7 Å². The topological polar surface area (TPSA) is 73.6 Å². The molecule has 1 amide bonds. The maximum Gasteiger partial charge on any atom is 0.274 e. The molecule has 1 aromatic heterocycles. The fourth-order valence-electron chi connectivity index (χ4n) is 2.69. The Labute approximate surface area is 168 Å². The second-order valence-corrected chi connectivity index (χ2v) is 6.72. The highest BCUT2D eigenvalue weighted by molar-refractivity contribution is 6.30. The fourth-order valence-corrected chi connectivity index (χ4v) is 2.81. The molecule has 0 spiro atoms. The number of nitrogens with zero attached hydrogens (tertiary/aromatic N) is 1. The SMILES string of the molecule is COc1cccc(C(C)NC(=O)c2noc(C)c2COc2ccc(Cl)cc2)c1. The fraction of sp³-hybridized carbons (Fsp3) is 0.238. The first-order valence-electron chi connectivity index (χ1n) is 8.76. The first-order chi connectivity index (χ1) is 13.5. The van der Waals surface area contributed by atoms with E-state index in [1.807, 2.05) is 31.2 Å². The van der Waals surface area contributed by atoms with Crippen molar-refractivity contribution in [2.75, 3.05) is 7.11 Å². The predicted octanol–water partition coefficient (Wildman–Crippen LogP) is 4.72. The van der Waals surface area contributed by atoms with Gasteiger partial charge in [0.15, 0.2) is 5.69 Å². The minimum Gasteiger partial charge on any atom is -0.497 e. The van der Waals surface area contributed by atoms with Crippen molar-refractivity contribution >= 4 is 17.5 Å². The highest BCUT2D eigenvalue weighted by Gasteiger charge is 2.22. The summed E-state index contributed by atoms with van der Waals surface area (Å²) in [4.78, 5) is 12.7. The van der Waals surface area contributed by atoms with Gasteiger partial charge in [0.1, 0.15) is 23.9 Å². The van der Waals surface area contributed by atoms with Crippen molar-refractivity contribution in [2.45, 2.75) is 26.5 Å². The molecular formula is C21H21ClN2O4. The van der Waals surface area contributed by atoms with Crippen molar-refractivity contribution in [2.24, 2.45) is 0 Å². The minimum absolute atomic E-state index is 0.160. The van der Waals surface area contributed by atoms with Crippen molar-refractivity contribution in [3.8, 4) is 11.5 Å². The number of methoxy groups -OCH3 is 1. The summed E-state index contributed by atoms with van der Waals surface area (Å²) < 4.78 is 16.2. The van der Waals surface area contributed by atoms with Gasteiger partial charge in [-0.15, -0.1) is 0 Å². The van der Waals surface area contributed by atoms with Gasteiger partial charge >= 0.3 is 0 Å². The van der Waals surface area contributed by atoms with Crippen molar-refractivity contribution < 1.29 is 18.8 Å². The molecule has 0 saturated heterocycles. The Morgan fingerprint density at radius 1 is 1.21 bits per heavy atom. The van der Waals surface area contributed by atoms with E-state index in [1.165, 1.54) is 0 Å². The van der Waals surface area contributed by atoms with Gasteiger partial charge in [-0.2, -0.15) is 0 Å². The Kier molecular flexibility index (Phi) is 6.21. The second kappa shape index (κ2) is 8.80. The highest BCUT2D eigenvalue weighted by Crippen LogP contribution is 2.22. The molecule has 28 heavy (non-hydrogen) atoms. The normalized spacial score (nSPS) is 11.7. The van der Waals surface area contributed by atoms with Crippen LogP contribution in [0.2, 0.25) is 5.02 Å². The number of nitrogens with one attached hydrogen (secondary N) is 1. The third-order valence-electron chi connectivity index (χ3n) is 4.34. The third-order valence-corrected chi connectivity index (χ3v) is 4.59. The molecule has 146 valence electrons. The number of aryl methyl sites for hydroxylation is 1. The number of amides is 1. The number of halogens is 1. The van der Waals surface area contributed by atoms with Crippen LogP contribution in [0.5, 0.6) is 11.5 Å². The largest absolute Gasteiger partial charge is 0.497 e. The molecule has 3 aromatic rings. The van der Waals surface area contributed by atoms with Crippen LogP contribution < -0.4 is 14.8 Å². The van der Waals surface area contributed by atoms with Crippen LogP contribution in [0.3, 0.4) is 0 Å². The number of aromatic nitrogens is 1. The Morgan fingerprint density at radius 3 is 2.68 bits per heavy atom. The lowest BCUT2D eigenvalue weighted by Gasteiger charge is -2.15. The van der Waals surface area contributed by atoms with Crippen molar-refractivity contribution in [3.05, 3.63) is 76.1 Å². The molecule has 2 aromatic carbocycles. The van der Waals surface area contributed by atoms with E-state index < -0.39 is 0 Å². The van der Waals surface area contributed by atoms with E-state index in [0.29, 0.717) is 22.1 Å². The molecule has 0 fully saturated rings. The third kappa shape index (κ3) is 4.64. The smallest absolute Gasteiger partial charge is 0.274 e. The lowest BCUT2D eigenvalue weighted by Crippen LogP contribution is -2.28. The Bertz CT molecular complexity index is 953. The summed E-state index contributed by atoms with van der Waals surface area (Å²) in [6, 6.07) is 14.3. The van der Waals surface area contributed by atoms with E-state index in [1.54, 1.807) is 38.3 Å². The summed E-state index contributed by atoms with van der Waals surface area (Å²) in [6.07, 6.45) is 0. The van der Waals surface area contributed by atoms with Crippen molar-refractivity contribution in [1.29, 1.82) is 0 Å². The van der Waals surface area contributed by atoms with Crippen molar-refractivity contribution in [3.63, 3.8) is 0 Å². The summed E-state index contributed by atoms with van der Waals surface area (Å²) in [5.74, 6) is 1.57. The van der Waals surface area contributed by atoms with Crippen LogP contribution in [0.4, 0.5) is 0 Å². The van der Waals surface area contributed by atoms with E-state index >= 15 is 0 Å². The summed E-state index contributed by atoms with van der Waals surface area (Å²) in [5, 5.41) is 7.47. The van der Waals surface area contributed by atoms with Crippen LogP contribution >= 0.6 is 11.6 Å². The Balaban J connectivity index is 1.70. The molecule has 1 heterocycles. The summed E-state index contributed by atoms with van der Waals surface area (Å²) in [7, 11) is 1.60. The van der Waals surface area contributed by atoms with E-state index in [4.69, 9.17) is 25.6 Å². The monoisotopic (exact) mass is 400 g/mol. The average molecular weight is 401 g/mol. The molecule has 0 radical (unpaired) electrons. The maximum atomic E-state index is 12.7. The maximum absolute atomic E-state index is 12.7. The minimum atomic E-state index is -0.332. The zero-order chi connectivity index (χ0) is 20.1. The second-order valence-electron chi connectivity index (χ2n) is 6.28. The molecule has 7 heteroatoms. The number of benzene rings is 2. The van der Waals surface area contributed by atoms with E-state index in [0.717, 1.165) is 11.3 Å². The van der Waals surface area contributed by atoms with Crippen LogP contribution in [0, 0.1) is 6.92 Å². The molecular weight excluding hydrogens is 380 g/mol. The molecule has 0 aliphatic rings. The predicted molar refractivity (Wildman–Crippen MR) is 106 cm³/mol. The lowest BCUT2D eigenvalue weighted by atomic mass is 10.1. The molecule has 1 N–H and O–H groups in total. The van der Waals surface area contributed by atoms with Gasteiger partial charge < -0.3 is 19.3 Å². The molecule has 0 saturated carbocycles. The van der Waals surface area contributed by atoms with Gasteiger partial charge in [-0.3, -0.25) is 4.79 Å². The quantitative estimate of drug-likeness (QED) is 0.621. The molecule has 6 nitrogen and oxygen atoms in total. The van der Waals surface area contributed by atoms with E-state index in [-0.39, 0.29) is 24.2 Å². The van der Waals surface area contributed by atoms with Crippen LogP contribution in [-0.4, -0.2) is 18.2 Å². The number of hydrogen-bond donors (Lipinski definition) is 1. The molecule has 1 atom stereocenters. The lowest BCUT2D eigenvalue weighted by molar-refractivity contribution is 0.0928. The van der Waals surface area contributed by atoms with Gasteiger partial charge in [-0.1, -0.05) is 28.9 Å². The average Bonchev–Trinajstić information content (AvgIpc) is 3.08. The van der Waals surface area contributed by atoms with Gasteiger partial charge in [0.2, 0.25) is 0 Å². The number of carbonyl (C=O) groups excluding carboxylic acids is 1. The van der Waals surface area contributed by atoms with E-state index in [9.17, 15) is 4.79 Å². The number of hydrogen-bond acceptors (Lipinski definition) is 5. The van der Waals surface area contributed by atoms with Crippen LogP contribution in [0.1, 0.15) is 40.3 Å². The Morgan fingerprint density at radius 2 is 1.96 bits per heavy atom. The van der Waals surface area contributed by atoms with Gasteiger partial charge in [0.25, 0.3) is 5.91 Å². The summed E-state index contributed by atoms with van der Waals surface area (Å²) >= 11 is 5.88. The molecule has 0 aliphatic carbocycles. The number of rotatable bonds is 7. The first kappa shape index (κ1) is 19.8. The standard InChI is InChI=1S/C21H21ClN2O4/c1-13(15-5-4-6-18(11-15)26-3)23-21(25)20-19(14(2)28-24-20)12-27-17-9-7-16(22)8-10-17/h4-11,13H,12H2,1-3H3,(H,23,25). The zero-order valence-corrected chi connectivity index (χ0v) is 16.6. The first-order valence-corrected chi connectivity index (χ1v) is 9.14. The zero-order valence-electron chi connectivity index (χ0n) is 15.9. The molecule has 3 rings (SSSR count). The van der Waals surface area contributed by atoms with Gasteiger partial charge in [0, 0.05) is 5.02 Å². The van der Waals surface area contributed by atoms with Crippen LogP contribution in [0.25, 0.3) is 0 Å². The highest BCUT2D eigenvalue weighted by atomic mass is 35.5. The van der Waals surface area contributed by atoms with Gasteiger partial charge in [-0.05, 0) is 55.8 Å². The van der Waals surface area contributed by atoms with Crippen LogP contribution in [-0.2, 0) is 6.61 Å². The van der Waals surface area contributed by atoms with Crippen molar-refractivity contribution in [1.82, 2.24) is 10.5 Å².